The van der Waals surface area contributed by atoms with E-state index >= 15 is 0 Å². The topological polar surface area (TPSA) is 132 Å². The van der Waals surface area contributed by atoms with Gasteiger partial charge in [-0.2, -0.15) is 0 Å². The Bertz CT molecular complexity index is 1160. The fourth-order valence-electron chi connectivity index (χ4n) is 5.14. The van der Waals surface area contributed by atoms with E-state index in [0.717, 1.165) is 17.9 Å². The van der Waals surface area contributed by atoms with E-state index in [-0.39, 0.29) is 38.0 Å². The van der Waals surface area contributed by atoms with Gasteiger partial charge in [-0.25, -0.2) is 0 Å². The van der Waals surface area contributed by atoms with E-state index in [1.807, 2.05) is 24.3 Å². The van der Waals surface area contributed by atoms with Crippen LogP contribution in [0.2, 0.25) is 0 Å². The van der Waals surface area contributed by atoms with Gasteiger partial charge >= 0.3 is 0 Å². The first-order valence-electron chi connectivity index (χ1n) is 12.3. The Labute approximate surface area is 208 Å². The van der Waals surface area contributed by atoms with Crippen molar-refractivity contribution in [3.8, 4) is 5.75 Å². The summed E-state index contributed by atoms with van der Waals surface area (Å²) in [5.41, 5.74) is 1.60. The van der Waals surface area contributed by atoms with Crippen molar-refractivity contribution in [3.63, 3.8) is 0 Å². The number of amides is 3. The fourth-order valence-corrected chi connectivity index (χ4v) is 5.14. The van der Waals surface area contributed by atoms with Crippen molar-refractivity contribution in [2.24, 2.45) is 0 Å². The number of hydrogen-bond donors (Lipinski definition) is 3. The van der Waals surface area contributed by atoms with E-state index in [9.17, 15) is 19.5 Å². The number of aliphatic hydroxyl groups is 2. The number of carbonyl (C=O) groups is 3. The zero-order valence-corrected chi connectivity index (χ0v) is 20.0. The van der Waals surface area contributed by atoms with E-state index in [2.05, 4.69) is 15.2 Å². The standard InChI is InChI=1S/C26H30N4O6/c31-13-14-36-18-3-1-17(2-4-18)15-29-11-9-26(35,10-12-29)22-7-5-19-20(27-22)16-30(25(19)34)21-6-8-23(32)28-24(21)33/h1-5,7,21,31,35H,6,8-16H2,(H,28,32,33). The number of piperidine rings is 2. The number of aliphatic hydroxyl groups excluding tert-OH is 1. The maximum absolute atomic E-state index is 12.9. The number of ether oxygens (including phenoxy) is 1. The molecule has 10 heteroatoms. The Kier molecular flexibility index (Phi) is 6.74. The predicted octanol–water partition coefficient (Wildman–Crippen LogP) is 0.697. The molecule has 3 N–H and O–H groups in total. The smallest absolute Gasteiger partial charge is 0.256 e. The van der Waals surface area contributed by atoms with Crippen LogP contribution in [0.4, 0.5) is 0 Å². The molecule has 0 saturated carbocycles. The molecule has 190 valence electrons. The normalized spacial score (nSPS) is 21.9. The zero-order valence-electron chi connectivity index (χ0n) is 20.0. The summed E-state index contributed by atoms with van der Waals surface area (Å²) in [5.74, 6) is -0.323. The van der Waals surface area contributed by atoms with Crippen molar-refractivity contribution in [2.75, 3.05) is 26.3 Å². The average Bonchev–Trinajstić information content (AvgIpc) is 3.20. The van der Waals surface area contributed by atoms with Gasteiger partial charge in [0, 0.05) is 26.1 Å². The van der Waals surface area contributed by atoms with E-state index in [1.165, 1.54) is 4.90 Å². The minimum atomic E-state index is -1.08. The van der Waals surface area contributed by atoms with Crippen LogP contribution in [-0.4, -0.2) is 75.1 Å². The van der Waals surface area contributed by atoms with Gasteiger partial charge in [-0.1, -0.05) is 12.1 Å². The van der Waals surface area contributed by atoms with E-state index < -0.39 is 17.6 Å². The van der Waals surface area contributed by atoms with Gasteiger partial charge < -0.3 is 19.8 Å². The number of imide groups is 1. The molecule has 10 nitrogen and oxygen atoms in total. The Morgan fingerprint density at radius 1 is 1.08 bits per heavy atom. The molecular weight excluding hydrogens is 464 g/mol. The summed E-state index contributed by atoms with van der Waals surface area (Å²) in [5, 5.41) is 22.6. The molecule has 0 spiro atoms. The highest BCUT2D eigenvalue weighted by Crippen LogP contribution is 2.35. The quantitative estimate of drug-likeness (QED) is 0.479. The van der Waals surface area contributed by atoms with Crippen LogP contribution in [0.15, 0.2) is 36.4 Å². The van der Waals surface area contributed by atoms with Crippen LogP contribution in [0.5, 0.6) is 5.75 Å². The molecule has 3 aliphatic heterocycles. The summed E-state index contributed by atoms with van der Waals surface area (Å²) in [6.45, 7) is 2.58. The highest BCUT2D eigenvalue weighted by molar-refractivity contribution is 6.05. The van der Waals surface area contributed by atoms with Crippen LogP contribution in [0.3, 0.4) is 0 Å². The van der Waals surface area contributed by atoms with Gasteiger partial charge in [-0.15, -0.1) is 0 Å². The molecule has 3 aliphatic rings. The third-order valence-corrected chi connectivity index (χ3v) is 7.22. The molecule has 1 atom stereocenters. The van der Waals surface area contributed by atoms with E-state index in [0.29, 0.717) is 49.3 Å². The van der Waals surface area contributed by atoms with Crippen LogP contribution in [0, 0.1) is 0 Å². The van der Waals surface area contributed by atoms with Crippen LogP contribution in [0.25, 0.3) is 0 Å². The summed E-state index contributed by atoms with van der Waals surface area (Å²) in [7, 11) is 0. The van der Waals surface area contributed by atoms with Crippen LogP contribution >= 0.6 is 0 Å². The lowest BCUT2D eigenvalue weighted by atomic mass is 9.87. The number of fused-ring (bicyclic) bond motifs is 1. The van der Waals surface area contributed by atoms with Crippen LogP contribution in [-0.2, 0) is 28.3 Å². The van der Waals surface area contributed by atoms with Gasteiger partial charge in [0.2, 0.25) is 11.8 Å². The van der Waals surface area contributed by atoms with Gasteiger partial charge in [0.15, 0.2) is 0 Å². The minimum absolute atomic E-state index is 0.0219. The first-order chi connectivity index (χ1) is 17.4. The van der Waals surface area contributed by atoms with E-state index in [4.69, 9.17) is 9.84 Å². The lowest BCUT2D eigenvalue weighted by Crippen LogP contribution is -2.52. The number of nitrogens with zero attached hydrogens (tertiary/aromatic N) is 3. The number of likely N-dealkylation sites (tertiary alicyclic amines) is 1. The number of nitrogens with one attached hydrogen (secondary N) is 1. The summed E-state index contributed by atoms with van der Waals surface area (Å²) >= 11 is 0. The number of benzene rings is 1. The predicted molar refractivity (Wildman–Crippen MR) is 128 cm³/mol. The lowest BCUT2D eigenvalue weighted by molar-refractivity contribution is -0.136. The summed E-state index contributed by atoms with van der Waals surface area (Å²) < 4.78 is 5.40. The monoisotopic (exact) mass is 494 g/mol. The molecule has 1 aromatic heterocycles. The molecule has 2 fully saturated rings. The molecular formula is C26H30N4O6. The van der Waals surface area contributed by atoms with Crippen molar-refractivity contribution in [1.82, 2.24) is 20.1 Å². The van der Waals surface area contributed by atoms with Crippen molar-refractivity contribution < 1.29 is 29.3 Å². The van der Waals surface area contributed by atoms with Crippen molar-refractivity contribution in [1.29, 1.82) is 0 Å². The summed E-state index contributed by atoms with van der Waals surface area (Å²) in [4.78, 5) is 45.1. The van der Waals surface area contributed by atoms with Gasteiger partial charge in [-0.3, -0.25) is 29.6 Å². The zero-order chi connectivity index (χ0) is 25.3. The molecule has 0 bridgehead atoms. The SMILES string of the molecule is O=C1CCC(N2Cc3nc(C4(O)CCN(Cc5ccc(OCCO)cc5)CC4)ccc3C2=O)C(=O)N1. The summed E-state index contributed by atoms with van der Waals surface area (Å²) in [6, 6.07) is 10.5. The Morgan fingerprint density at radius 3 is 2.53 bits per heavy atom. The lowest BCUT2D eigenvalue weighted by Gasteiger charge is -2.38. The number of pyridine rings is 1. The number of aromatic nitrogens is 1. The highest BCUT2D eigenvalue weighted by Gasteiger charge is 2.41. The Hall–Kier alpha value is -3.34. The second-order valence-corrected chi connectivity index (χ2v) is 9.61. The van der Waals surface area contributed by atoms with Crippen molar-refractivity contribution in [3.05, 3.63) is 58.9 Å². The molecule has 1 unspecified atom stereocenters. The molecule has 0 radical (unpaired) electrons. The van der Waals surface area contributed by atoms with Crippen molar-refractivity contribution in [2.45, 2.75) is 50.4 Å². The van der Waals surface area contributed by atoms with Gasteiger partial charge in [0.1, 0.15) is 24.0 Å². The number of carbonyl (C=O) groups excluding carboxylic acids is 3. The highest BCUT2D eigenvalue weighted by atomic mass is 16.5. The Balaban J connectivity index is 1.21. The third kappa shape index (κ3) is 4.84. The first kappa shape index (κ1) is 24.4. The molecule has 1 aromatic carbocycles. The second-order valence-electron chi connectivity index (χ2n) is 9.61. The maximum atomic E-state index is 12.9. The molecule has 2 aromatic rings. The minimum Gasteiger partial charge on any atom is -0.491 e. The van der Waals surface area contributed by atoms with Gasteiger partial charge in [0.05, 0.1) is 30.1 Å². The molecule has 2 saturated heterocycles. The summed E-state index contributed by atoms with van der Waals surface area (Å²) in [6.07, 6.45) is 1.53. The molecule has 0 aliphatic carbocycles. The largest absolute Gasteiger partial charge is 0.491 e. The molecule has 3 amide bonds. The second kappa shape index (κ2) is 9.96. The first-order valence-corrected chi connectivity index (χ1v) is 12.3. The maximum Gasteiger partial charge on any atom is 0.256 e. The Morgan fingerprint density at radius 2 is 1.83 bits per heavy atom. The van der Waals surface area contributed by atoms with Crippen LogP contribution < -0.4 is 10.1 Å². The average molecular weight is 495 g/mol. The molecule has 4 heterocycles. The fraction of sp³-hybridized carbons (Fsp3) is 0.462. The molecule has 5 rings (SSSR count). The van der Waals surface area contributed by atoms with Crippen LogP contribution in [0.1, 0.15) is 53.0 Å². The van der Waals surface area contributed by atoms with Gasteiger partial charge in [-0.05, 0) is 49.1 Å². The number of rotatable bonds is 7. The third-order valence-electron chi connectivity index (χ3n) is 7.22. The van der Waals surface area contributed by atoms with Crippen molar-refractivity contribution >= 4 is 17.7 Å². The van der Waals surface area contributed by atoms with Gasteiger partial charge in [0.25, 0.3) is 5.91 Å². The van der Waals surface area contributed by atoms with E-state index in [1.54, 1.807) is 12.1 Å². The number of hydrogen-bond acceptors (Lipinski definition) is 8. The molecule has 36 heavy (non-hydrogen) atoms.